The Labute approximate surface area is 63.4 Å². The van der Waals surface area contributed by atoms with E-state index in [2.05, 4.69) is 14.8 Å². The fraction of sp³-hybridized carbons (Fsp3) is 0.143. The third kappa shape index (κ3) is 0.920. The van der Waals surface area contributed by atoms with Gasteiger partial charge in [0.15, 0.2) is 0 Å². The number of hydrogen-bond acceptors (Lipinski definition) is 3. The fourth-order valence-corrected chi connectivity index (χ4v) is 0.866. The highest BCUT2D eigenvalue weighted by atomic mass is 16.6. The van der Waals surface area contributed by atoms with Gasteiger partial charge in [0.1, 0.15) is 5.69 Å². The molecule has 0 aliphatic heterocycles. The van der Waals surface area contributed by atoms with Gasteiger partial charge in [-0.1, -0.05) is 6.07 Å². The number of aromatic nitrogens is 3. The molecule has 4 heteroatoms. The zero-order valence-corrected chi connectivity index (χ0v) is 6.06. The summed E-state index contributed by atoms with van der Waals surface area (Å²) in [5.74, 6) is 0.769. The highest BCUT2D eigenvalue weighted by molar-refractivity contribution is 5.47. The molecule has 0 unspecified atom stereocenters. The van der Waals surface area contributed by atoms with Crippen molar-refractivity contribution in [3.05, 3.63) is 24.4 Å². The second-order valence-corrected chi connectivity index (χ2v) is 2.21. The van der Waals surface area contributed by atoms with E-state index >= 15 is 0 Å². The van der Waals surface area contributed by atoms with Crippen molar-refractivity contribution in [3.63, 3.8) is 0 Å². The van der Waals surface area contributed by atoms with E-state index in [4.69, 9.17) is 0 Å². The molecule has 56 valence electrons. The van der Waals surface area contributed by atoms with Crippen molar-refractivity contribution >= 4 is 0 Å². The number of hydrogen-bond donors (Lipinski definition) is 0. The maximum absolute atomic E-state index is 4.68. The van der Waals surface area contributed by atoms with Gasteiger partial charge in [-0.15, -0.1) is 0 Å². The summed E-state index contributed by atoms with van der Waals surface area (Å²) in [4.78, 5) is 4.10. The molecule has 0 saturated heterocycles. The summed E-state index contributed by atoms with van der Waals surface area (Å²) in [5, 5.41) is 3.70. The van der Waals surface area contributed by atoms with Gasteiger partial charge in [0.2, 0.25) is 5.82 Å². The van der Waals surface area contributed by atoms with Crippen LogP contribution in [0.4, 0.5) is 0 Å². The number of aryl methyl sites for hydroxylation is 1. The van der Waals surface area contributed by atoms with E-state index in [0.29, 0.717) is 0 Å². The van der Waals surface area contributed by atoms with Gasteiger partial charge in [-0.2, -0.15) is 4.74 Å². The zero-order chi connectivity index (χ0) is 7.68. The molecule has 0 aliphatic carbocycles. The smallest absolute Gasteiger partial charge is 0.232 e. The quantitative estimate of drug-likeness (QED) is 0.609. The summed E-state index contributed by atoms with van der Waals surface area (Å²) in [6.45, 7) is 0. The van der Waals surface area contributed by atoms with Crippen LogP contribution in [0.15, 0.2) is 29.0 Å². The van der Waals surface area contributed by atoms with Crippen LogP contribution in [0.3, 0.4) is 0 Å². The molecular weight excluding hydrogens is 142 g/mol. The minimum Gasteiger partial charge on any atom is -0.264 e. The Morgan fingerprint density at radius 2 is 2.36 bits per heavy atom. The lowest BCUT2D eigenvalue weighted by molar-refractivity contribution is 0.145. The molecule has 4 nitrogen and oxygen atoms in total. The fourth-order valence-electron chi connectivity index (χ4n) is 0.866. The van der Waals surface area contributed by atoms with Crippen LogP contribution in [0.2, 0.25) is 0 Å². The summed E-state index contributed by atoms with van der Waals surface area (Å²) in [5.41, 5.74) is 0.834. The third-order valence-electron chi connectivity index (χ3n) is 1.44. The molecular formula is C7H7N3O. The summed E-state index contributed by atoms with van der Waals surface area (Å²) in [6, 6.07) is 5.67. The lowest BCUT2D eigenvalue weighted by Crippen LogP contribution is -2.05. The van der Waals surface area contributed by atoms with Crippen molar-refractivity contribution in [2.24, 2.45) is 7.05 Å². The first kappa shape index (κ1) is 6.15. The molecule has 2 aromatic heterocycles. The van der Waals surface area contributed by atoms with E-state index in [-0.39, 0.29) is 0 Å². The number of pyridine rings is 1. The molecule has 0 spiro atoms. The third-order valence-corrected chi connectivity index (χ3v) is 1.44. The maximum Gasteiger partial charge on any atom is 0.232 e. The zero-order valence-electron chi connectivity index (χ0n) is 6.06. The molecule has 0 amide bonds. The minimum absolute atomic E-state index is 0.769. The monoisotopic (exact) mass is 149 g/mol. The van der Waals surface area contributed by atoms with Crippen LogP contribution < -0.4 is 0 Å². The van der Waals surface area contributed by atoms with Crippen molar-refractivity contribution in [2.75, 3.05) is 0 Å². The molecule has 0 atom stereocenters. The second kappa shape index (κ2) is 2.23. The predicted octanol–water partition coefficient (Wildman–Crippen LogP) is 1.08. The molecule has 2 rings (SSSR count). The first-order chi connectivity index (χ1) is 5.38. The van der Waals surface area contributed by atoms with Crippen LogP contribution in [0.25, 0.3) is 11.5 Å². The molecule has 0 fully saturated rings. The largest absolute Gasteiger partial charge is 0.264 e. The lowest BCUT2D eigenvalue weighted by atomic mass is 10.3. The van der Waals surface area contributed by atoms with E-state index < -0.39 is 0 Å². The minimum atomic E-state index is 0.769. The van der Waals surface area contributed by atoms with E-state index in [1.165, 1.54) is 0 Å². The molecule has 0 bridgehead atoms. The van der Waals surface area contributed by atoms with Gasteiger partial charge in [-0.25, -0.2) is 0 Å². The van der Waals surface area contributed by atoms with Crippen molar-refractivity contribution in [2.45, 2.75) is 0 Å². The first-order valence-corrected chi connectivity index (χ1v) is 3.28. The molecule has 0 aliphatic rings. The Kier molecular flexibility index (Phi) is 1.25. The van der Waals surface area contributed by atoms with Gasteiger partial charge in [0.25, 0.3) is 0 Å². The Bertz CT molecular complexity index is 335. The van der Waals surface area contributed by atoms with Crippen molar-refractivity contribution in [1.29, 1.82) is 0 Å². The molecule has 0 aromatic carbocycles. The highest BCUT2D eigenvalue weighted by Crippen LogP contribution is 2.12. The van der Waals surface area contributed by atoms with Crippen LogP contribution in [0.1, 0.15) is 0 Å². The SMILES string of the molecule is Cn1onc1-c1ccccn1. The van der Waals surface area contributed by atoms with Gasteiger partial charge in [0.05, 0.1) is 0 Å². The maximum atomic E-state index is 4.68. The normalized spacial score (nSPS) is 10.3. The summed E-state index contributed by atoms with van der Waals surface area (Å²) in [7, 11) is 1.79. The van der Waals surface area contributed by atoms with Crippen LogP contribution >= 0.6 is 0 Å². The van der Waals surface area contributed by atoms with Gasteiger partial charge in [-0.3, -0.25) is 9.61 Å². The molecule has 0 saturated carbocycles. The lowest BCUT2D eigenvalue weighted by Gasteiger charge is -2.05. The Morgan fingerprint density at radius 1 is 1.45 bits per heavy atom. The van der Waals surface area contributed by atoms with Crippen LogP contribution in [0.5, 0.6) is 0 Å². The molecule has 0 N–H and O–H groups in total. The second-order valence-electron chi connectivity index (χ2n) is 2.21. The Hall–Kier alpha value is -1.58. The molecule has 2 heterocycles. The number of nitrogens with zero attached hydrogens (tertiary/aromatic N) is 3. The van der Waals surface area contributed by atoms with Gasteiger partial charge < -0.3 is 0 Å². The standard InChI is InChI=1S/C7H7N3O/c1-10-7(9-11-10)6-4-2-3-5-8-6/h2-5H,1H3. The van der Waals surface area contributed by atoms with E-state index in [0.717, 1.165) is 11.5 Å². The van der Waals surface area contributed by atoms with Crippen LogP contribution in [-0.4, -0.2) is 14.9 Å². The summed E-state index contributed by atoms with van der Waals surface area (Å²) in [6.07, 6.45) is 1.73. The van der Waals surface area contributed by atoms with Gasteiger partial charge in [0, 0.05) is 13.2 Å². The van der Waals surface area contributed by atoms with E-state index in [9.17, 15) is 0 Å². The molecule has 11 heavy (non-hydrogen) atoms. The Balaban J connectivity index is 2.43. The van der Waals surface area contributed by atoms with Gasteiger partial charge in [-0.05, 0) is 17.3 Å². The number of rotatable bonds is 1. The highest BCUT2D eigenvalue weighted by Gasteiger charge is 2.08. The molecule has 2 aromatic rings. The predicted molar refractivity (Wildman–Crippen MR) is 38.7 cm³/mol. The van der Waals surface area contributed by atoms with Crippen LogP contribution in [-0.2, 0) is 7.05 Å². The van der Waals surface area contributed by atoms with E-state index in [1.54, 1.807) is 18.0 Å². The first-order valence-electron chi connectivity index (χ1n) is 3.28. The van der Waals surface area contributed by atoms with Crippen molar-refractivity contribution in [1.82, 2.24) is 14.9 Å². The van der Waals surface area contributed by atoms with Gasteiger partial charge >= 0.3 is 0 Å². The van der Waals surface area contributed by atoms with Crippen LogP contribution in [0, 0.1) is 0 Å². The average Bonchev–Trinajstić information content (AvgIpc) is 2.04. The Morgan fingerprint density at radius 3 is 2.82 bits per heavy atom. The summed E-state index contributed by atoms with van der Waals surface area (Å²) >= 11 is 0. The summed E-state index contributed by atoms with van der Waals surface area (Å²) < 4.78 is 6.25. The topological polar surface area (TPSA) is 43.9 Å². The average molecular weight is 149 g/mol. The van der Waals surface area contributed by atoms with Crippen molar-refractivity contribution in [3.8, 4) is 11.5 Å². The van der Waals surface area contributed by atoms with Crippen molar-refractivity contribution < 1.29 is 4.63 Å². The van der Waals surface area contributed by atoms with E-state index in [1.807, 2.05) is 18.2 Å². The molecule has 0 radical (unpaired) electrons.